The predicted octanol–water partition coefficient (Wildman–Crippen LogP) is 7.58. The van der Waals surface area contributed by atoms with Crippen molar-refractivity contribution in [3.63, 3.8) is 0 Å². The van der Waals surface area contributed by atoms with Gasteiger partial charge in [-0.05, 0) is 68.4 Å². The highest BCUT2D eigenvalue weighted by atomic mass is 16.7. The summed E-state index contributed by atoms with van der Waals surface area (Å²) in [4.78, 5) is 14.4. The molecule has 0 aromatic heterocycles. The topological polar surface area (TPSA) is 168 Å². The smallest absolute Gasteiger partial charge is 0.316 e. The first-order valence-electron chi connectivity index (χ1n) is 26.0. The van der Waals surface area contributed by atoms with E-state index in [0.717, 1.165) is 17.6 Å². The minimum Gasteiger partial charge on any atom is -0.462 e. The molecule has 0 radical (unpaired) electrons. The Kier molecular flexibility index (Phi) is 18.0. The summed E-state index contributed by atoms with van der Waals surface area (Å²) >= 11 is 0. The van der Waals surface area contributed by atoms with Crippen molar-refractivity contribution in [2.45, 2.75) is 198 Å². The Morgan fingerprint density at radius 3 is 2.28 bits per heavy atom. The lowest BCUT2D eigenvalue weighted by Gasteiger charge is -2.48. The number of ether oxygens (including phenoxy) is 12. The average molecular weight is 993 g/mol. The van der Waals surface area contributed by atoms with E-state index in [0.29, 0.717) is 49.9 Å². The minimum atomic E-state index is -1.84. The molecule has 394 valence electrons. The van der Waals surface area contributed by atoms with Crippen LogP contribution in [0.2, 0.25) is 0 Å². The first-order chi connectivity index (χ1) is 34.1. The molecule has 7 aliphatic rings. The van der Waals surface area contributed by atoms with Gasteiger partial charge in [-0.1, -0.05) is 101 Å². The number of carbonyl (C=O) groups is 1. The van der Waals surface area contributed by atoms with Crippen LogP contribution in [0.25, 0.3) is 0 Å². The van der Waals surface area contributed by atoms with Crippen LogP contribution in [0.15, 0.2) is 89.6 Å². The molecule has 2 bridgehead atoms. The fourth-order valence-electron chi connectivity index (χ4n) is 11.6. The molecule has 1 aromatic carbocycles. The quantitative estimate of drug-likeness (QED) is 0.0859. The fraction of sp³-hybridized carbons (Fsp3) is 0.696. The van der Waals surface area contributed by atoms with E-state index in [9.17, 15) is 15.0 Å². The number of methoxy groups -OCH3 is 2. The van der Waals surface area contributed by atoms with Crippen molar-refractivity contribution in [1.29, 1.82) is 0 Å². The number of benzene rings is 1. The first kappa shape index (κ1) is 54.1. The van der Waals surface area contributed by atoms with Gasteiger partial charge in [-0.2, -0.15) is 0 Å². The lowest BCUT2D eigenvalue weighted by Crippen LogP contribution is -2.58. The molecule has 2 N–H and O–H groups in total. The Balaban J connectivity index is 1.00. The molecule has 15 nitrogen and oxygen atoms in total. The molecule has 71 heavy (non-hydrogen) atoms. The summed E-state index contributed by atoms with van der Waals surface area (Å²) in [6.45, 7) is 16.8. The number of allylic oxidation sites excluding steroid dienone is 2. The largest absolute Gasteiger partial charge is 0.462 e. The Hall–Kier alpha value is -3.13. The third-order valence-electron chi connectivity index (χ3n) is 15.9. The summed E-state index contributed by atoms with van der Waals surface area (Å²) in [5.74, 6) is -2.59. The second-order valence-corrected chi connectivity index (χ2v) is 21.0. The van der Waals surface area contributed by atoms with E-state index in [1.54, 1.807) is 33.3 Å². The third kappa shape index (κ3) is 12.0. The van der Waals surface area contributed by atoms with Gasteiger partial charge in [0, 0.05) is 51.7 Å². The van der Waals surface area contributed by atoms with Crippen LogP contribution in [0, 0.1) is 23.7 Å². The highest BCUT2D eigenvalue weighted by molar-refractivity contribution is 5.78. The summed E-state index contributed by atoms with van der Waals surface area (Å²) in [7, 11) is 3.34. The number of aliphatic hydroxyl groups excluding tert-OH is 1. The number of hydrogen-bond acceptors (Lipinski definition) is 15. The summed E-state index contributed by atoms with van der Waals surface area (Å²) < 4.78 is 77.0. The molecule has 4 unspecified atom stereocenters. The highest BCUT2D eigenvalue weighted by Crippen LogP contribution is 2.47. The standard InChI is InChI=1S/C56H80O15/c1-11-32(2)50-35(5)22-23-55(71-50)28-42-25-41(70-55)21-20-34(4)49(33(3)16-15-19-40-30-63-53-48(57)36(6)24-43(54(58)67-42)56(40,53)59)68-46-27-45(61-10)52(38(8)66-46)69-47-26-44(60-9)51(37(7)65-47)64-31-62-29-39-17-13-12-14-18-39/h12-20,22-24,32-33,35,37-38,41-53,57,59H,11,21,25-31H2,1-10H3/t32?,33?,35-,37-,38-,41+,42-,43-,44-,45-,46?,47?,48+,49-,50+,51-,52-,53+,55+,56+/m0/s1. The molecule has 20 atom stereocenters. The van der Waals surface area contributed by atoms with Crippen LogP contribution in [-0.4, -0.2) is 141 Å². The molecule has 15 heteroatoms. The Morgan fingerprint density at radius 2 is 1.56 bits per heavy atom. The summed E-state index contributed by atoms with van der Waals surface area (Å²) in [6, 6.07) is 9.95. The predicted molar refractivity (Wildman–Crippen MR) is 262 cm³/mol. The average Bonchev–Trinajstić information content (AvgIpc) is 3.70. The van der Waals surface area contributed by atoms with Crippen LogP contribution in [0.5, 0.6) is 0 Å². The first-order valence-corrected chi connectivity index (χ1v) is 26.0. The van der Waals surface area contributed by atoms with Crippen LogP contribution in [-0.2, 0) is 68.2 Å². The van der Waals surface area contributed by atoms with Gasteiger partial charge >= 0.3 is 5.97 Å². The minimum absolute atomic E-state index is 0.0296. The van der Waals surface area contributed by atoms with E-state index in [1.807, 2.05) is 62.4 Å². The monoisotopic (exact) mass is 993 g/mol. The van der Waals surface area contributed by atoms with Gasteiger partial charge in [0.2, 0.25) is 0 Å². The van der Waals surface area contributed by atoms with Crippen LogP contribution in [0.3, 0.4) is 0 Å². The van der Waals surface area contributed by atoms with Gasteiger partial charge in [-0.15, -0.1) is 0 Å². The summed E-state index contributed by atoms with van der Waals surface area (Å²) in [5.41, 5.74) is 1.20. The molecule has 6 aliphatic heterocycles. The zero-order valence-corrected chi connectivity index (χ0v) is 43.4. The van der Waals surface area contributed by atoms with E-state index in [-0.39, 0.29) is 61.7 Å². The SMILES string of the molecule is CCC(C)[C@H]1O[C@]2(C=C[C@@H]1C)C[C@@H]1C[C@@H](CC=C(C)[C@@H](OC3C[C@H](OC)[C@@H](OC4C[C@H](OC)[C@@H](OCOCc5ccccc5)[C@H](C)O4)[C@H](C)O3)C(C)C=CC=C3CO[C@@H]4[C@H](O)C(C)=C[C@@H](C(=O)O1)[C@]34O)O2. The van der Waals surface area contributed by atoms with Crippen molar-refractivity contribution in [2.75, 3.05) is 27.6 Å². The van der Waals surface area contributed by atoms with E-state index >= 15 is 0 Å². The lowest BCUT2D eigenvalue weighted by molar-refractivity contribution is -0.324. The van der Waals surface area contributed by atoms with E-state index in [1.165, 1.54) is 0 Å². The van der Waals surface area contributed by atoms with Crippen LogP contribution >= 0.6 is 0 Å². The number of carbonyl (C=O) groups excluding carboxylic acids is 1. The Labute approximate surface area is 420 Å². The maximum Gasteiger partial charge on any atom is 0.316 e. The Morgan fingerprint density at radius 1 is 0.859 bits per heavy atom. The van der Waals surface area contributed by atoms with E-state index < -0.39 is 78.6 Å². The molecule has 0 amide bonds. The zero-order valence-electron chi connectivity index (χ0n) is 43.4. The molecule has 0 saturated carbocycles. The normalized spacial score (nSPS) is 42.5. The molecule has 1 aliphatic carbocycles. The van der Waals surface area contributed by atoms with Crippen molar-refractivity contribution < 1.29 is 71.8 Å². The van der Waals surface area contributed by atoms with Gasteiger partial charge in [-0.3, -0.25) is 4.79 Å². The highest BCUT2D eigenvalue weighted by Gasteiger charge is 2.60. The third-order valence-corrected chi connectivity index (χ3v) is 15.9. The number of aliphatic hydroxyl groups is 2. The van der Waals surface area contributed by atoms with E-state index in [4.69, 9.17) is 56.8 Å². The maximum absolute atomic E-state index is 14.4. The van der Waals surface area contributed by atoms with Gasteiger partial charge in [0.05, 0.1) is 55.9 Å². The molecule has 4 fully saturated rings. The van der Waals surface area contributed by atoms with Gasteiger partial charge in [0.15, 0.2) is 18.4 Å². The number of hydrogen-bond donors (Lipinski definition) is 2. The molecule has 1 aromatic rings. The maximum atomic E-state index is 14.4. The van der Waals surface area contributed by atoms with Crippen molar-refractivity contribution in [3.8, 4) is 0 Å². The summed E-state index contributed by atoms with van der Waals surface area (Å²) in [5, 5.41) is 23.9. The zero-order chi connectivity index (χ0) is 50.6. The van der Waals surface area contributed by atoms with Crippen LogP contribution < -0.4 is 0 Å². The number of rotatable bonds is 13. The number of fused-ring (bicyclic) bond motifs is 2. The second kappa shape index (κ2) is 23.6. The molecule has 8 rings (SSSR count). The fourth-order valence-corrected chi connectivity index (χ4v) is 11.6. The van der Waals surface area contributed by atoms with Gasteiger partial charge in [0.1, 0.15) is 48.8 Å². The summed E-state index contributed by atoms with van der Waals surface area (Å²) in [6.07, 6.45) is 9.28. The van der Waals surface area contributed by atoms with Crippen LogP contribution in [0.1, 0.15) is 99.5 Å². The van der Waals surface area contributed by atoms with Crippen molar-refractivity contribution >= 4 is 5.97 Å². The molecule has 1 spiro atoms. The van der Waals surface area contributed by atoms with Gasteiger partial charge in [-0.25, -0.2) is 0 Å². The second-order valence-electron chi connectivity index (χ2n) is 21.0. The van der Waals surface area contributed by atoms with Crippen molar-refractivity contribution in [2.24, 2.45) is 23.7 Å². The van der Waals surface area contributed by atoms with Crippen LogP contribution in [0.4, 0.5) is 0 Å². The molecule has 6 heterocycles. The van der Waals surface area contributed by atoms with Gasteiger partial charge < -0.3 is 67.1 Å². The van der Waals surface area contributed by atoms with Gasteiger partial charge in [0.25, 0.3) is 0 Å². The molecular formula is C56H80O15. The van der Waals surface area contributed by atoms with Crippen molar-refractivity contribution in [3.05, 3.63) is 95.1 Å². The Bertz CT molecular complexity index is 2090. The number of esters is 1. The lowest BCUT2D eigenvalue weighted by atomic mass is 9.71. The molecule has 4 saturated heterocycles. The van der Waals surface area contributed by atoms with Crippen molar-refractivity contribution in [1.82, 2.24) is 0 Å². The van der Waals surface area contributed by atoms with E-state index in [2.05, 4.69) is 46.8 Å². The molecular weight excluding hydrogens is 913 g/mol.